The minimum Gasteiger partial charge on any atom is -0.247 e. The maximum absolute atomic E-state index is 14.7. The molecule has 0 aromatic heterocycles. The fraction of sp³-hybridized carbons (Fsp3) is 0.484. The van der Waals surface area contributed by atoms with Crippen molar-refractivity contribution in [3.63, 3.8) is 0 Å². The highest BCUT2D eigenvalue weighted by molar-refractivity contribution is 5.54. The SMILES string of the molecule is CCCCCCCCC/C=C/c1c(F)cc(C#Cc2ccc(C3CCC(F)CC3)c(F)c2F)cc1F. The van der Waals surface area contributed by atoms with Crippen molar-refractivity contribution < 1.29 is 22.0 Å². The Labute approximate surface area is 212 Å². The van der Waals surface area contributed by atoms with E-state index in [9.17, 15) is 22.0 Å². The fourth-order valence-electron chi connectivity index (χ4n) is 4.72. The zero-order valence-corrected chi connectivity index (χ0v) is 21.0. The minimum absolute atomic E-state index is 0.0411. The van der Waals surface area contributed by atoms with E-state index in [-0.39, 0.29) is 28.2 Å². The van der Waals surface area contributed by atoms with Crippen LogP contribution in [0.5, 0.6) is 0 Å². The highest BCUT2D eigenvalue weighted by Gasteiger charge is 2.26. The summed E-state index contributed by atoms with van der Waals surface area (Å²) in [6.45, 7) is 2.18. The molecule has 1 aliphatic rings. The van der Waals surface area contributed by atoms with Crippen LogP contribution >= 0.6 is 0 Å². The number of unbranched alkanes of at least 4 members (excludes halogenated alkanes) is 7. The molecule has 2 aromatic carbocycles. The summed E-state index contributed by atoms with van der Waals surface area (Å²) in [7, 11) is 0. The van der Waals surface area contributed by atoms with E-state index in [0.717, 1.165) is 31.4 Å². The molecule has 0 N–H and O–H groups in total. The van der Waals surface area contributed by atoms with Gasteiger partial charge in [-0.15, -0.1) is 0 Å². The molecule has 0 atom stereocenters. The van der Waals surface area contributed by atoms with Gasteiger partial charge in [0.05, 0.1) is 5.56 Å². The molecule has 36 heavy (non-hydrogen) atoms. The number of benzene rings is 2. The lowest BCUT2D eigenvalue weighted by molar-refractivity contribution is 0.233. The van der Waals surface area contributed by atoms with Crippen molar-refractivity contribution in [1.82, 2.24) is 0 Å². The largest absolute Gasteiger partial charge is 0.247 e. The molecule has 0 unspecified atom stereocenters. The molecular weight excluding hydrogens is 467 g/mol. The molecule has 0 amide bonds. The molecule has 0 saturated heterocycles. The molecule has 1 saturated carbocycles. The number of halogens is 5. The molecule has 1 fully saturated rings. The lowest BCUT2D eigenvalue weighted by atomic mass is 9.82. The molecular formula is C31H35F5. The smallest absolute Gasteiger partial charge is 0.174 e. The Balaban J connectivity index is 1.61. The van der Waals surface area contributed by atoms with E-state index in [2.05, 4.69) is 18.8 Å². The second-order valence-electron chi connectivity index (χ2n) is 9.70. The highest BCUT2D eigenvalue weighted by Crippen LogP contribution is 2.36. The summed E-state index contributed by atoms with van der Waals surface area (Å²) in [4.78, 5) is 0. The molecule has 0 aliphatic heterocycles. The summed E-state index contributed by atoms with van der Waals surface area (Å²) in [5, 5.41) is 0. The zero-order valence-electron chi connectivity index (χ0n) is 21.0. The number of alkyl halides is 1. The second-order valence-corrected chi connectivity index (χ2v) is 9.70. The molecule has 0 bridgehead atoms. The standard InChI is InChI=1S/C31H35F5/c1-2-3-4-5-6-7-8-9-10-11-27-28(33)20-22(21-29(27)34)12-13-24-16-19-26(31(36)30(24)35)23-14-17-25(32)18-15-23/h10-11,16,19-21,23,25H,2-9,14-15,17-18H2,1H3/b11-10+. The number of allylic oxidation sites excluding steroid dienone is 1. The average Bonchev–Trinajstić information content (AvgIpc) is 2.86. The Hall–Kier alpha value is -2.61. The van der Waals surface area contributed by atoms with Gasteiger partial charge in [0.15, 0.2) is 11.6 Å². The van der Waals surface area contributed by atoms with Gasteiger partial charge in [0, 0.05) is 11.1 Å². The number of hydrogen-bond donors (Lipinski definition) is 0. The van der Waals surface area contributed by atoms with Crippen LogP contribution < -0.4 is 0 Å². The van der Waals surface area contributed by atoms with Crippen molar-refractivity contribution in [3.05, 3.63) is 75.9 Å². The Morgan fingerprint density at radius 1 is 0.806 bits per heavy atom. The predicted octanol–water partition coefficient (Wildman–Crippen LogP) is 9.79. The number of hydrogen-bond acceptors (Lipinski definition) is 0. The van der Waals surface area contributed by atoms with E-state index < -0.39 is 29.4 Å². The zero-order chi connectivity index (χ0) is 25.9. The van der Waals surface area contributed by atoms with E-state index in [1.165, 1.54) is 50.3 Å². The summed E-state index contributed by atoms with van der Waals surface area (Å²) >= 11 is 0. The quantitative estimate of drug-likeness (QED) is 0.172. The van der Waals surface area contributed by atoms with Crippen molar-refractivity contribution in [2.45, 2.75) is 96.1 Å². The van der Waals surface area contributed by atoms with Crippen molar-refractivity contribution in [1.29, 1.82) is 0 Å². The van der Waals surface area contributed by atoms with Crippen molar-refractivity contribution in [2.75, 3.05) is 0 Å². The van der Waals surface area contributed by atoms with Crippen LogP contribution in [0.15, 0.2) is 30.3 Å². The van der Waals surface area contributed by atoms with Crippen LogP contribution in [0.25, 0.3) is 6.08 Å². The first-order chi connectivity index (χ1) is 17.4. The Bertz CT molecular complexity index is 1060. The van der Waals surface area contributed by atoms with Crippen molar-refractivity contribution >= 4 is 6.08 Å². The molecule has 0 nitrogen and oxygen atoms in total. The van der Waals surface area contributed by atoms with Crippen LogP contribution in [-0.4, -0.2) is 6.17 Å². The Morgan fingerprint density at radius 2 is 1.44 bits per heavy atom. The molecule has 194 valence electrons. The first-order valence-electron chi connectivity index (χ1n) is 13.2. The van der Waals surface area contributed by atoms with Crippen LogP contribution in [0, 0.1) is 35.1 Å². The third kappa shape index (κ3) is 7.95. The summed E-state index contributed by atoms with van der Waals surface area (Å²) < 4.78 is 71.6. The predicted molar refractivity (Wildman–Crippen MR) is 136 cm³/mol. The molecule has 1 aliphatic carbocycles. The van der Waals surface area contributed by atoms with Gasteiger partial charge in [-0.05, 0) is 68.2 Å². The Kier molecular flexibility index (Phi) is 11.0. The topological polar surface area (TPSA) is 0 Å². The van der Waals surface area contributed by atoms with E-state index in [1.54, 1.807) is 6.08 Å². The molecule has 5 heteroatoms. The van der Waals surface area contributed by atoms with Gasteiger partial charge >= 0.3 is 0 Å². The lowest BCUT2D eigenvalue weighted by Crippen LogP contribution is -2.15. The van der Waals surface area contributed by atoms with Gasteiger partial charge in [0.25, 0.3) is 0 Å². The normalized spacial score (nSPS) is 17.8. The summed E-state index contributed by atoms with van der Waals surface area (Å²) in [6.07, 6.45) is 13.0. The maximum atomic E-state index is 14.7. The number of rotatable bonds is 10. The van der Waals surface area contributed by atoms with E-state index in [4.69, 9.17) is 0 Å². The van der Waals surface area contributed by atoms with E-state index in [1.807, 2.05) is 0 Å². The van der Waals surface area contributed by atoms with Gasteiger partial charge in [0.2, 0.25) is 0 Å². The summed E-state index contributed by atoms with van der Waals surface area (Å²) in [6, 6.07) is 5.05. The summed E-state index contributed by atoms with van der Waals surface area (Å²) in [5.41, 5.74) is -0.0444. The Morgan fingerprint density at radius 3 is 2.11 bits per heavy atom. The molecule has 2 aromatic rings. The van der Waals surface area contributed by atoms with Crippen LogP contribution in [0.1, 0.15) is 112 Å². The van der Waals surface area contributed by atoms with Gasteiger partial charge in [-0.3, -0.25) is 0 Å². The van der Waals surface area contributed by atoms with E-state index >= 15 is 0 Å². The maximum Gasteiger partial charge on any atom is 0.174 e. The minimum atomic E-state index is -1.09. The summed E-state index contributed by atoms with van der Waals surface area (Å²) in [5.74, 6) is 1.24. The van der Waals surface area contributed by atoms with Gasteiger partial charge < -0.3 is 0 Å². The van der Waals surface area contributed by atoms with Crippen LogP contribution in [0.2, 0.25) is 0 Å². The first kappa shape index (κ1) is 28.0. The van der Waals surface area contributed by atoms with Crippen molar-refractivity contribution in [3.8, 4) is 11.8 Å². The van der Waals surface area contributed by atoms with Crippen molar-refractivity contribution in [2.24, 2.45) is 0 Å². The average molecular weight is 503 g/mol. The second kappa shape index (κ2) is 14.2. The monoisotopic (exact) mass is 502 g/mol. The highest BCUT2D eigenvalue weighted by atomic mass is 19.2. The van der Waals surface area contributed by atoms with Crippen LogP contribution in [-0.2, 0) is 0 Å². The van der Waals surface area contributed by atoms with E-state index in [0.29, 0.717) is 25.7 Å². The third-order valence-corrected chi connectivity index (χ3v) is 6.89. The van der Waals surface area contributed by atoms with Gasteiger partial charge in [-0.25, -0.2) is 22.0 Å². The van der Waals surface area contributed by atoms with Gasteiger partial charge in [0.1, 0.15) is 17.8 Å². The molecule has 0 spiro atoms. The van der Waals surface area contributed by atoms with Crippen LogP contribution in [0.3, 0.4) is 0 Å². The van der Waals surface area contributed by atoms with Gasteiger partial charge in [-0.2, -0.15) is 0 Å². The van der Waals surface area contributed by atoms with Gasteiger partial charge in [-0.1, -0.05) is 75.5 Å². The fourth-order valence-corrected chi connectivity index (χ4v) is 4.72. The molecule has 0 heterocycles. The molecule has 3 rings (SSSR count). The first-order valence-corrected chi connectivity index (χ1v) is 13.2. The lowest BCUT2D eigenvalue weighted by Gasteiger charge is -2.25. The van der Waals surface area contributed by atoms with Crippen LogP contribution in [0.4, 0.5) is 22.0 Å². The third-order valence-electron chi connectivity index (χ3n) is 6.89. The molecule has 0 radical (unpaired) electrons.